The lowest BCUT2D eigenvalue weighted by Gasteiger charge is -2.08. The van der Waals surface area contributed by atoms with Crippen molar-refractivity contribution in [1.82, 2.24) is 14.5 Å². The second kappa shape index (κ2) is 7.95. The molecule has 1 aromatic heterocycles. The first kappa shape index (κ1) is 18.0. The maximum Gasteiger partial charge on any atom is 0.240 e. The first-order valence-corrected chi connectivity index (χ1v) is 9.56. The van der Waals surface area contributed by atoms with E-state index in [2.05, 4.69) is 16.7 Å². The molecule has 0 spiro atoms. The molecule has 7 heteroatoms. The Morgan fingerprint density at radius 1 is 1.26 bits per heavy atom. The third-order valence-corrected chi connectivity index (χ3v) is 5.50. The van der Waals surface area contributed by atoms with Gasteiger partial charge in [0.15, 0.2) is 0 Å². The van der Waals surface area contributed by atoms with Crippen LogP contribution in [0.3, 0.4) is 0 Å². The molecule has 1 N–H and O–H groups in total. The molecule has 0 unspecified atom stereocenters. The standard InChI is InChI=1S/C16H22ClN3O2S/c1-3-5-14-6-8-15(9-7-14)23(21,22)19-10-4-11-20-13(2)16(17)12-18-20/h6-9,12,19H,3-5,10-11H2,1-2H3. The van der Waals surface area contributed by atoms with Crippen molar-refractivity contribution < 1.29 is 8.42 Å². The van der Waals surface area contributed by atoms with Crippen molar-refractivity contribution in [2.24, 2.45) is 0 Å². The van der Waals surface area contributed by atoms with Gasteiger partial charge in [0.2, 0.25) is 10.0 Å². The highest BCUT2D eigenvalue weighted by molar-refractivity contribution is 7.89. The Morgan fingerprint density at radius 3 is 2.52 bits per heavy atom. The fraction of sp³-hybridized carbons (Fsp3) is 0.438. The number of hydrogen-bond donors (Lipinski definition) is 1. The summed E-state index contributed by atoms with van der Waals surface area (Å²) in [6, 6.07) is 7.05. The molecular formula is C16H22ClN3O2S. The SMILES string of the molecule is CCCc1ccc(S(=O)(=O)NCCCn2ncc(Cl)c2C)cc1. The van der Waals surface area contributed by atoms with E-state index in [4.69, 9.17) is 11.6 Å². The third-order valence-electron chi connectivity index (χ3n) is 3.65. The normalized spacial score (nSPS) is 11.8. The summed E-state index contributed by atoms with van der Waals surface area (Å²) in [6.45, 7) is 4.96. The zero-order valence-corrected chi connectivity index (χ0v) is 15.0. The van der Waals surface area contributed by atoms with Crippen LogP contribution in [0.25, 0.3) is 0 Å². The molecule has 2 aromatic rings. The van der Waals surface area contributed by atoms with E-state index < -0.39 is 10.0 Å². The number of benzene rings is 1. The van der Waals surface area contributed by atoms with E-state index in [1.807, 2.05) is 19.1 Å². The Bertz CT molecular complexity index is 739. The van der Waals surface area contributed by atoms with Gasteiger partial charge < -0.3 is 0 Å². The molecule has 0 bridgehead atoms. The van der Waals surface area contributed by atoms with E-state index in [1.165, 1.54) is 0 Å². The van der Waals surface area contributed by atoms with Crippen molar-refractivity contribution in [3.05, 3.63) is 46.7 Å². The zero-order valence-electron chi connectivity index (χ0n) is 13.4. The lowest BCUT2D eigenvalue weighted by atomic mass is 10.1. The highest BCUT2D eigenvalue weighted by atomic mass is 35.5. The Kier molecular flexibility index (Phi) is 6.21. The average Bonchev–Trinajstić information content (AvgIpc) is 2.84. The van der Waals surface area contributed by atoms with Crippen molar-refractivity contribution in [2.45, 2.75) is 44.6 Å². The minimum absolute atomic E-state index is 0.302. The minimum Gasteiger partial charge on any atom is -0.268 e. The largest absolute Gasteiger partial charge is 0.268 e. The summed E-state index contributed by atoms with van der Waals surface area (Å²) in [5.74, 6) is 0. The van der Waals surface area contributed by atoms with E-state index in [1.54, 1.807) is 23.0 Å². The minimum atomic E-state index is -3.46. The number of sulfonamides is 1. The van der Waals surface area contributed by atoms with E-state index in [0.29, 0.717) is 29.4 Å². The van der Waals surface area contributed by atoms with Crippen LogP contribution in [0, 0.1) is 6.92 Å². The number of nitrogens with zero attached hydrogens (tertiary/aromatic N) is 2. The smallest absolute Gasteiger partial charge is 0.240 e. The van der Waals surface area contributed by atoms with Crippen LogP contribution in [0.5, 0.6) is 0 Å². The fourth-order valence-corrected chi connectivity index (χ4v) is 3.51. The topological polar surface area (TPSA) is 64.0 Å². The molecule has 0 aliphatic rings. The molecule has 0 aliphatic carbocycles. The Morgan fingerprint density at radius 2 is 1.96 bits per heavy atom. The summed E-state index contributed by atoms with van der Waals surface area (Å²) < 4.78 is 28.9. The van der Waals surface area contributed by atoms with E-state index in [0.717, 1.165) is 24.1 Å². The molecule has 5 nitrogen and oxygen atoms in total. The third kappa shape index (κ3) is 4.80. The first-order chi connectivity index (χ1) is 10.9. The predicted octanol–water partition coefficient (Wildman–Crippen LogP) is 3.17. The molecule has 1 heterocycles. The van der Waals surface area contributed by atoms with Crippen molar-refractivity contribution >= 4 is 21.6 Å². The van der Waals surface area contributed by atoms with E-state index in [-0.39, 0.29) is 0 Å². The lowest BCUT2D eigenvalue weighted by molar-refractivity contribution is 0.546. The van der Waals surface area contributed by atoms with Crippen LogP contribution in [0.15, 0.2) is 35.4 Å². The zero-order chi connectivity index (χ0) is 16.9. The second-order valence-electron chi connectivity index (χ2n) is 5.45. The van der Waals surface area contributed by atoms with Crippen molar-refractivity contribution in [2.75, 3.05) is 6.54 Å². The molecule has 0 saturated heterocycles. The molecule has 1 aromatic carbocycles. The van der Waals surface area contributed by atoms with Crippen LogP contribution in [0.2, 0.25) is 5.02 Å². The number of nitrogens with one attached hydrogen (secondary N) is 1. The summed E-state index contributed by atoms with van der Waals surface area (Å²) in [5.41, 5.74) is 2.04. The number of hydrogen-bond acceptors (Lipinski definition) is 3. The van der Waals surface area contributed by atoms with Gasteiger partial charge in [-0.25, -0.2) is 13.1 Å². The van der Waals surface area contributed by atoms with Crippen molar-refractivity contribution in [3.63, 3.8) is 0 Å². The molecule has 0 fully saturated rings. The highest BCUT2D eigenvalue weighted by Crippen LogP contribution is 2.14. The Hall–Kier alpha value is -1.37. The van der Waals surface area contributed by atoms with Gasteiger partial charge in [-0.1, -0.05) is 37.1 Å². The van der Waals surface area contributed by atoms with Crippen LogP contribution in [0.1, 0.15) is 31.0 Å². The maximum atomic E-state index is 12.2. The van der Waals surface area contributed by atoms with Gasteiger partial charge in [-0.05, 0) is 37.5 Å². The number of aromatic nitrogens is 2. The molecular weight excluding hydrogens is 334 g/mol. The molecule has 0 atom stereocenters. The predicted molar refractivity (Wildman–Crippen MR) is 92.2 cm³/mol. The van der Waals surface area contributed by atoms with Crippen LogP contribution >= 0.6 is 11.6 Å². The van der Waals surface area contributed by atoms with Gasteiger partial charge in [-0.2, -0.15) is 5.10 Å². The van der Waals surface area contributed by atoms with Crippen LogP contribution in [-0.2, 0) is 23.0 Å². The maximum absolute atomic E-state index is 12.2. The van der Waals surface area contributed by atoms with Crippen molar-refractivity contribution in [1.29, 1.82) is 0 Å². The van der Waals surface area contributed by atoms with Crippen LogP contribution < -0.4 is 4.72 Å². The molecule has 126 valence electrons. The van der Waals surface area contributed by atoms with Gasteiger partial charge in [0.05, 0.1) is 21.8 Å². The molecule has 23 heavy (non-hydrogen) atoms. The van der Waals surface area contributed by atoms with Gasteiger partial charge in [0.1, 0.15) is 0 Å². The molecule has 0 saturated carbocycles. The van der Waals surface area contributed by atoms with Gasteiger partial charge in [0.25, 0.3) is 0 Å². The second-order valence-corrected chi connectivity index (χ2v) is 7.62. The molecule has 2 rings (SSSR count). The summed E-state index contributed by atoms with van der Waals surface area (Å²) in [6.07, 6.45) is 4.24. The molecule has 0 aliphatic heterocycles. The van der Waals surface area contributed by atoms with E-state index in [9.17, 15) is 8.42 Å². The molecule has 0 amide bonds. The van der Waals surface area contributed by atoms with Gasteiger partial charge >= 0.3 is 0 Å². The Balaban J connectivity index is 1.87. The van der Waals surface area contributed by atoms with Gasteiger partial charge in [-0.15, -0.1) is 0 Å². The summed E-state index contributed by atoms with van der Waals surface area (Å²) in [4.78, 5) is 0.302. The monoisotopic (exact) mass is 355 g/mol. The van der Waals surface area contributed by atoms with Gasteiger partial charge in [0, 0.05) is 13.1 Å². The molecule has 0 radical (unpaired) electrons. The fourth-order valence-electron chi connectivity index (χ4n) is 2.29. The van der Waals surface area contributed by atoms with Crippen LogP contribution in [0.4, 0.5) is 0 Å². The number of aryl methyl sites for hydroxylation is 2. The lowest BCUT2D eigenvalue weighted by Crippen LogP contribution is -2.25. The van der Waals surface area contributed by atoms with Crippen molar-refractivity contribution in [3.8, 4) is 0 Å². The average molecular weight is 356 g/mol. The summed E-state index contributed by atoms with van der Waals surface area (Å²) >= 11 is 5.94. The Labute approximate surface area is 142 Å². The summed E-state index contributed by atoms with van der Waals surface area (Å²) in [5, 5.41) is 4.77. The van der Waals surface area contributed by atoms with Gasteiger partial charge in [-0.3, -0.25) is 4.68 Å². The number of rotatable bonds is 8. The quantitative estimate of drug-likeness (QED) is 0.740. The highest BCUT2D eigenvalue weighted by Gasteiger charge is 2.13. The van der Waals surface area contributed by atoms with Crippen LogP contribution in [-0.4, -0.2) is 24.7 Å². The van der Waals surface area contributed by atoms with E-state index >= 15 is 0 Å². The number of halogens is 1. The first-order valence-electron chi connectivity index (χ1n) is 7.70. The summed E-state index contributed by atoms with van der Waals surface area (Å²) in [7, 11) is -3.46.